The molecule has 2 fully saturated rings. The Kier molecular flexibility index (Phi) is 3.29. The Bertz CT molecular complexity index is 799. The summed E-state index contributed by atoms with van der Waals surface area (Å²) >= 11 is 0. The van der Waals surface area contributed by atoms with Gasteiger partial charge in [0, 0.05) is 35.7 Å². The van der Waals surface area contributed by atoms with Crippen molar-refractivity contribution in [2.75, 3.05) is 25.5 Å². The number of likely N-dealkylation sites (N-methyl/N-ethyl adjacent to an activating group) is 1. The second-order valence-electron chi connectivity index (χ2n) is 7.87. The fraction of sp³-hybridized carbons (Fsp3) is 0.450. The molecule has 0 radical (unpaired) electrons. The number of aldehydes is 1. The van der Waals surface area contributed by atoms with Crippen LogP contribution in [-0.4, -0.2) is 36.9 Å². The first kappa shape index (κ1) is 15.9. The normalized spacial score (nSPS) is 39.8. The molecule has 24 heavy (non-hydrogen) atoms. The van der Waals surface area contributed by atoms with Crippen molar-refractivity contribution in [1.82, 2.24) is 0 Å². The lowest BCUT2D eigenvalue weighted by Gasteiger charge is -2.51. The van der Waals surface area contributed by atoms with Gasteiger partial charge in [0.05, 0.1) is 19.0 Å². The topological polar surface area (TPSA) is 29.1 Å². The van der Waals surface area contributed by atoms with Crippen LogP contribution in [0.4, 0.5) is 5.69 Å². The van der Waals surface area contributed by atoms with Gasteiger partial charge in [-0.25, -0.2) is 0 Å². The Morgan fingerprint density at radius 3 is 2.88 bits per heavy atom. The average molecular weight is 343 g/mol. The molecule has 4 heteroatoms. The molecule has 0 amide bonds. The fourth-order valence-electron chi connectivity index (χ4n) is 6.07. The number of benzene rings is 1. The third-order valence-electron chi connectivity index (χ3n) is 7.06. The molecule has 4 aliphatic rings. The van der Waals surface area contributed by atoms with E-state index in [2.05, 4.69) is 49.6 Å². The number of allylic oxidation sites excluding steroid dienone is 2. The number of quaternary nitrogens is 1. The van der Waals surface area contributed by atoms with Crippen molar-refractivity contribution in [3.05, 3.63) is 52.7 Å². The van der Waals surface area contributed by atoms with Gasteiger partial charge in [0.1, 0.15) is 18.9 Å². The molecule has 5 rings (SSSR count). The lowest BCUT2D eigenvalue weighted by Crippen LogP contribution is -3.00. The molecule has 1 N–H and O–H groups in total. The molecule has 1 unspecified atom stereocenters. The molecule has 1 aliphatic carbocycles. The molecule has 2 bridgehead atoms. The summed E-state index contributed by atoms with van der Waals surface area (Å²) in [5.74, 6) is 0.316. The Balaban J connectivity index is 0.00000146. The summed E-state index contributed by atoms with van der Waals surface area (Å²) in [6, 6.07) is 9.27. The molecular weight excluding hydrogens is 320 g/mol. The zero-order valence-electron chi connectivity index (χ0n) is 14.2. The lowest BCUT2D eigenvalue weighted by atomic mass is 9.61. The predicted octanol–water partition coefficient (Wildman–Crippen LogP) is 0.00560. The summed E-state index contributed by atoms with van der Waals surface area (Å²) in [4.78, 5) is 12.0. The first-order valence-corrected chi connectivity index (χ1v) is 8.70. The van der Waals surface area contributed by atoms with E-state index in [4.69, 9.17) is 0 Å². The summed E-state index contributed by atoms with van der Waals surface area (Å²) in [6.07, 6.45) is 5.65. The van der Waals surface area contributed by atoms with Crippen LogP contribution in [0.5, 0.6) is 0 Å². The van der Waals surface area contributed by atoms with Gasteiger partial charge >= 0.3 is 0 Å². The number of hydrogen-bond donors (Lipinski definition) is 1. The second kappa shape index (κ2) is 4.96. The van der Waals surface area contributed by atoms with Crippen LogP contribution in [0.3, 0.4) is 0 Å². The van der Waals surface area contributed by atoms with Gasteiger partial charge in [-0.2, -0.15) is 0 Å². The first-order chi connectivity index (χ1) is 11.1. The Hall–Kier alpha value is -1.58. The van der Waals surface area contributed by atoms with Crippen molar-refractivity contribution >= 4 is 12.0 Å². The molecule has 4 atom stereocenters. The van der Waals surface area contributed by atoms with Gasteiger partial charge < -0.3 is 22.2 Å². The number of piperidine rings is 1. The van der Waals surface area contributed by atoms with Crippen molar-refractivity contribution in [2.24, 2.45) is 5.92 Å². The van der Waals surface area contributed by atoms with E-state index in [-0.39, 0.29) is 17.8 Å². The standard InChI is InChI=1S/C20H22N2O.ClH/c1-3-13-11-22(2)9-8-20-16-6-4-5-7-17(16)21-19(20)15(12-23)14(13)10-18(20)22;/h3-7,12,14,18H,8-11H2,1-2H3;1H/t14-,18-,20+,22?;/m0./s1. The number of nitrogens with one attached hydrogen (secondary N) is 1. The monoisotopic (exact) mass is 342 g/mol. The minimum Gasteiger partial charge on any atom is -1.00 e. The van der Waals surface area contributed by atoms with Gasteiger partial charge in [-0.15, -0.1) is 0 Å². The number of hydrogen-bond acceptors (Lipinski definition) is 2. The predicted molar refractivity (Wildman–Crippen MR) is 91.0 cm³/mol. The van der Waals surface area contributed by atoms with E-state index in [9.17, 15) is 4.79 Å². The molecule has 2 saturated heterocycles. The molecule has 3 heterocycles. The summed E-state index contributed by atoms with van der Waals surface area (Å²) in [5, 5.41) is 3.66. The zero-order chi connectivity index (χ0) is 15.8. The highest BCUT2D eigenvalue weighted by Gasteiger charge is 2.67. The minimum absolute atomic E-state index is 0. The van der Waals surface area contributed by atoms with Crippen LogP contribution < -0.4 is 17.7 Å². The van der Waals surface area contributed by atoms with Crippen molar-refractivity contribution in [3.63, 3.8) is 0 Å². The average Bonchev–Trinajstić information content (AvgIpc) is 3.08. The summed E-state index contributed by atoms with van der Waals surface area (Å²) < 4.78 is 1.13. The van der Waals surface area contributed by atoms with Crippen LogP contribution >= 0.6 is 0 Å². The third-order valence-corrected chi connectivity index (χ3v) is 7.06. The third kappa shape index (κ3) is 1.60. The Morgan fingerprint density at radius 2 is 2.12 bits per heavy atom. The fourth-order valence-corrected chi connectivity index (χ4v) is 6.07. The highest BCUT2D eigenvalue weighted by molar-refractivity contribution is 5.84. The largest absolute Gasteiger partial charge is 1.00 e. The molecule has 1 aromatic rings. The minimum atomic E-state index is 0. The van der Waals surface area contributed by atoms with E-state index in [1.165, 1.54) is 29.1 Å². The van der Waals surface area contributed by atoms with E-state index in [0.29, 0.717) is 12.0 Å². The molecule has 126 valence electrons. The second-order valence-corrected chi connectivity index (χ2v) is 7.87. The summed E-state index contributed by atoms with van der Waals surface area (Å²) in [6.45, 7) is 4.42. The quantitative estimate of drug-likeness (QED) is 0.442. The van der Waals surface area contributed by atoms with Gasteiger partial charge in [0.25, 0.3) is 0 Å². The van der Waals surface area contributed by atoms with Crippen LogP contribution in [0.1, 0.15) is 25.3 Å². The number of anilines is 1. The highest BCUT2D eigenvalue weighted by atomic mass is 35.5. The number of para-hydroxylation sites is 1. The van der Waals surface area contributed by atoms with Crippen molar-refractivity contribution in [1.29, 1.82) is 0 Å². The van der Waals surface area contributed by atoms with Crippen LogP contribution in [0, 0.1) is 5.92 Å². The number of halogens is 1. The number of fused-ring (bicyclic) bond motifs is 2. The Labute approximate surface area is 149 Å². The maximum absolute atomic E-state index is 12.0. The molecule has 1 aromatic carbocycles. The number of nitrogens with zero attached hydrogens (tertiary/aromatic N) is 1. The van der Waals surface area contributed by atoms with Gasteiger partial charge in [0.15, 0.2) is 0 Å². The highest BCUT2D eigenvalue weighted by Crippen LogP contribution is 2.62. The van der Waals surface area contributed by atoms with Crippen molar-refractivity contribution in [3.8, 4) is 0 Å². The van der Waals surface area contributed by atoms with E-state index in [1.54, 1.807) is 0 Å². The van der Waals surface area contributed by atoms with Gasteiger partial charge in [-0.05, 0) is 24.1 Å². The van der Waals surface area contributed by atoms with E-state index in [0.717, 1.165) is 35.7 Å². The van der Waals surface area contributed by atoms with Crippen LogP contribution in [-0.2, 0) is 10.2 Å². The SMILES string of the molecule is CC=C1C[N+]2(C)CC[C@]34C(=C(C=O)[C@H]1C[C@@H]32)Nc1ccccc14.[Cl-]. The van der Waals surface area contributed by atoms with Crippen molar-refractivity contribution in [2.45, 2.75) is 31.2 Å². The smallest absolute Gasteiger partial charge is 0.148 e. The zero-order valence-corrected chi connectivity index (χ0v) is 14.9. The number of carbonyl (C=O) groups is 1. The van der Waals surface area contributed by atoms with E-state index in [1.807, 2.05) is 0 Å². The first-order valence-electron chi connectivity index (χ1n) is 8.70. The van der Waals surface area contributed by atoms with E-state index >= 15 is 0 Å². The molecule has 0 aromatic heterocycles. The number of carbonyl (C=O) groups excluding carboxylic acids is 1. The maximum atomic E-state index is 12.0. The molecule has 3 nitrogen and oxygen atoms in total. The Morgan fingerprint density at radius 1 is 1.33 bits per heavy atom. The van der Waals surface area contributed by atoms with Gasteiger partial charge in [-0.1, -0.05) is 24.3 Å². The summed E-state index contributed by atoms with van der Waals surface area (Å²) in [7, 11) is 2.42. The molecule has 0 saturated carbocycles. The molecule has 1 spiro atoms. The summed E-state index contributed by atoms with van der Waals surface area (Å²) in [5.41, 5.74) is 6.35. The maximum Gasteiger partial charge on any atom is 0.148 e. The molecular formula is C20H23ClN2O. The van der Waals surface area contributed by atoms with Gasteiger partial charge in [0.2, 0.25) is 0 Å². The number of rotatable bonds is 1. The van der Waals surface area contributed by atoms with Crippen LogP contribution in [0.15, 0.2) is 47.2 Å². The van der Waals surface area contributed by atoms with Crippen LogP contribution in [0.2, 0.25) is 0 Å². The molecule has 3 aliphatic heterocycles. The van der Waals surface area contributed by atoms with Crippen molar-refractivity contribution < 1.29 is 21.7 Å². The lowest BCUT2D eigenvalue weighted by molar-refractivity contribution is -0.923. The van der Waals surface area contributed by atoms with E-state index < -0.39 is 0 Å². The van der Waals surface area contributed by atoms with Crippen LogP contribution in [0.25, 0.3) is 0 Å². The van der Waals surface area contributed by atoms with Gasteiger partial charge in [-0.3, -0.25) is 4.79 Å².